The molecule has 0 amide bonds. The zero-order valence-electron chi connectivity index (χ0n) is 12.3. The second-order valence-corrected chi connectivity index (χ2v) is 7.03. The highest BCUT2D eigenvalue weighted by Gasteiger charge is 2.35. The summed E-state index contributed by atoms with van der Waals surface area (Å²) in [5.74, 6) is -0.0497. The van der Waals surface area contributed by atoms with E-state index in [1.807, 2.05) is 42.5 Å². The number of allylic oxidation sites excluding steroid dienone is 1. The number of alkyl halides is 1. The number of carbonyl (C=O) groups is 1. The third-order valence-corrected chi connectivity index (χ3v) is 5.19. The number of hydrogen-bond acceptors (Lipinski definition) is 1. The number of halogens is 3. The summed E-state index contributed by atoms with van der Waals surface area (Å²) < 4.78 is 0. The standard InChI is InChI=1S/C19H15Cl3O/c20-15-6-1-12(2-7-15)11-14-5-10-17(19(14)23)18(22)13-3-8-16(21)9-4-13/h1-4,6-9,11,17-18H,5,10H2/b14-11+. The smallest absolute Gasteiger partial charge is 0.163 e. The van der Waals surface area contributed by atoms with Crippen LogP contribution >= 0.6 is 34.8 Å². The predicted molar refractivity (Wildman–Crippen MR) is 97.2 cm³/mol. The molecule has 0 bridgehead atoms. The van der Waals surface area contributed by atoms with Crippen LogP contribution in [0.25, 0.3) is 6.08 Å². The Morgan fingerprint density at radius 1 is 0.957 bits per heavy atom. The third-order valence-electron chi connectivity index (χ3n) is 4.13. The molecule has 3 rings (SSSR count). The van der Waals surface area contributed by atoms with Gasteiger partial charge in [-0.05, 0) is 59.9 Å². The lowest BCUT2D eigenvalue weighted by Crippen LogP contribution is -2.13. The molecule has 1 fully saturated rings. The van der Waals surface area contributed by atoms with Gasteiger partial charge in [-0.25, -0.2) is 0 Å². The normalized spacial score (nSPS) is 20.9. The van der Waals surface area contributed by atoms with Crippen LogP contribution in [-0.4, -0.2) is 5.78 Å². The Morgan fingerprint density at radius 2 is 1.52 bits per heavy atom. The van der Waals surface area contributed by atoms with Crippen molar-refractivity contribution in [3.8, 4) is 0 Å². The van der Waals surface area contributed by atoms with Gasteiger partial charge in [0.1, 0.15) is 0 Å². The van der Waals surface area contributed by atoms with Crippen LogP contribution in [0.3, 0.4) is 0 Å². The summed E-state index contributed by atoms with van der Waals surface area (Å²) in [5.41, 5.74) is 2.75. The van der Waals surface area contributed by atoms with E-state index in [2.05, 4.69) is 0 Å². The zero-order valence-corrected chi connectivity index (χ0v) is 14.6. The van der Waals surface area contributed by atoms with Gasteiger partial charge in [-0.3, -0.25) is 4.79 Å². The molecule has 1 nitrogen and oxygen atoms in total. The van der Waals surface area contributed by atoms with E-state index in [1.54, 1.807) is 12.1 Å². The van der Waals surface area contributed by atoms with Crippen molar-refractivity contribution in [2.75, 3.05) is 0 Å². The Hall–Kier alpha value is -1.28. The highest BCUT2D eigenvalue weighted by Crippen LogP contribution is 2.40. The third kappa shape index (κ3) is 3.80. The minimum atomic E-state index is -0.323. The highest BCUT2D eigenvalue weighted by molar-refractivity contribution is 6.31. The van der Waals surface area contributed by atoms with Gasteiger partial charge in [0.2, 0.25) is 0 Å². The van der Waals surface area contributed by atoms with Crippen molar-refractivity contribution in [2.24, 2.45) is 5.92 Å². The Kier molecular flexibility index (Phi) is 5.11. The zero-order chi connectivity index (χ0) is 16.4. The molecule has 0 spiro atoms. The van der Waals surface area contributed by atoms with Gasteiger partial charge in [-0.1, -0.05) is 47.5 Å². The summed E-state index contributed by atoms with van der Waals surface area (Å²) in [4.78, 5) is 12.7. The van der Waals surface area contributed by atoms with Crippen molar-refractivity contribution in [1.29, 1.82) is 0 Å². The molecule has 1 saturated carbocycles. The van der Waals surface area contributed by atoms with Crippen LogP contribution in [0.5, 0.6) is 0 Å². The molecule has 2 aromatic rings. The second-order valence-electron chi connectivity index (χ2n) is 5.68. The number of benzene rings is 2. The second kappa shape index (κ2) is 7.09. The SMILES string of the molecule is O=C1/C(=C/c2ccc(Cl)cc2)CCC1C(Cl)c1ccc(Cl)cc1. The van der Waals surface area contributed by atoms with Gasteiger partial charge in [0.25, 0.3) is 0 Å². The first-order valence-corrected chi connectivity index (χ1v) is 8.64. The van der Waals surface area contributed by atoms with Crippen LogP contribution in [0.2, 0.25) is 10.0 Å². The molecule has 1 aliphatic rings. The lowest BCUT2D eigenvalue weighted by atomic mass is 9.96. The number of rotatable bonds is 3. The maximum atomic E-state index is 12.7. The summed E-state index contributed by atoms with van der Waals surface area (Å²) in [5, 5.41) is 1.03. The molecule has 2 unspecified atom stereocenters. The topological polar surface area (TPSA) is 17.1 Å². The molecule has 0 aliphatic heterocycles. The first kappa shape index (κ1) is 16.6. The van der Waals surface area contributed by atoms with Gasteiger partial charge >= 0.3 is 0 Å². The summed E-state index contributed by atoms with van der Waals surface area (Å²) in [6.07, 6.45) is 3.46. The van der Waals surface area contributed by atoms with Crippen molar-refractivity contribution < 1.29 is 4.79 Å². The van der Waals surface area contributed by atoms with E-state index >= 15 is 0 Å². The molecule has 2 atom stereocenters. The minimum Gasteiger partial charge on any atom is -0.294 e. The molecule has 1 aliphatic carbocycles. The van der Waals surface area contributed by atoms with E-state index in [9.17, 15) is 4.79 Å². The maximum absolute atomic E-state index is 12.7. The summed E-state index contributed by atoms with van der Waals surface area (Å²) >= 11 is 18.3. The van der Waals surface area contributed by atoms with Crippen LogP contribution in [0.4, 0.5) is 0 Å². The lowest BCUT2D eigenvalue weighted by Gasteiger charge is -2.15. The Labute approximate surface area is 150 Å². The molecule has 0 heterocycles. The number of hydrogen-bond donors (Lipinski definition) is 0. The fourth-order valence-electron chi connectivity index (χ4n) is 2.87. The fourth-order valence-corrected chi connectivity index (χ4v) is 3.50. The molecule has 118 valence electrons. The van der Waals surface area contributed by atoms with Gasteiger partial charge in [-0.15, -0.1) is 11.6 Å². The summed E-state index contributed by atoms with van der Waals surface area (Å²) in [7, 11) is 0. The van der Waals surface area contributed by atoms with Crippen molar-refractivity contribution >= 4 is 46.7 Å². The van der Waals surface area contributed by atoms with Crippen LogP contribution in [0.1, 0.15) is 29.3 Å². The first-order chi connectivity index (χ1) is 11.0. The minimum absolute atomic E-state index is 0.134. The van der Waals surface area contributed by atoms with Crippen molar-refractivity contribution in [2.45, 2.75) is 18.2 Å². The first-order valence-electron chi connectivity index (χ1n) is 7.44. The molecular weight excluding hydrogens is 351 g/mol. The molecule has 0 radical (unpaired) electrons. The Morgan fingerprint density at radius 3 is 2.13 bits per heavy atom. The van der Waals surface area contributed by atoms with Crippen LogP contribution in [0, 0.1) is 5.92 Å². The highest BCUT2D eigenvalue weighted by atomic mass is 35.5. The summed E-state index contributed by atoms with van der Waals surface area (Å²) in [6.45, 7) is 0. The fraction of sp³-hybridized carbons (Fsp3) is 0.211. The van der Waals surface area contributed by atoms with Crippen molar-refractivity contribution in [1.82, 2.24) is 0 Å². The van der Waals surface area contributed by atoms with Gasteiger partial charge in [0, 0.05) is 16.0 Å². The van der Waals surface area contributed by atoms with Crippen molar-refractivity contribution in [3.63, 3.8) is 0 Å². The van der Waals surface area contributed by atoms with Gasteiger partial charge < -0.3 is 0 Å². The number of ketones is 1. The Balaban J connectivity index is 1.78. The van der Waals surface area contributed by atoms with E-state index in [0.717, 1.165) is 29.5 Å². The average Bonchev–Trinajstić information content (AvgIpc) is 2.90. The molecule has 0 saturated heterocycles. The quantitative estimate of drug-likeness (QED) is 0.458. The number of carbonyl (C=O) groups excluding carboxylic acids is 1. The molecule has 4 heteroatoms. The van der Waals surface area contributed by atoms with E-state index in [1.165, 1.54) is 0 Å². The van der Waals surface area contributed by atoms with Gasteiger partial charge in [-0.2, -0.15) is 0 Å². The maximum Gasteiger partial charge on any atom is 0.163 e. The number of Topliss-reactive ketones (excluding diaryl/α,β-unsaturated/α-hetero) is 1. The van der Waals surface area contributed by atoms with Gasteiger partial charge in [0.05, 0.1) is 5.38 Å². The Bertz CT molecular complexity index is 732. The summed E-state index contributed by atoms with van der Waals surface area (Å²) in [6, 6.07) is 14.8. The average molecular weight is 366 g/mol. The van der Waals surface area contributed by atoms with Crippen LogP contribution in [-0.2, 0) is 4.79 Å². The molecule has 0 aromatic heterocycles. The van der Waals surface area contributed by atoms with E-state index in [4.69, 9.17) is 34.8 Å². The molecule has 0 N–H and O–H groups in total. The lowest BCUT2D eigenvalue weighted by molar-refractivity contribution is -0.117. The monoisotopic (exact) mass is 364 g/mol. The van der Waals surface area contributed by atoms with E-state index < -0.39 is 0 Å². The van der Waals surface area contributed by atoms with E-state index in [-0.39, 0.29) is 17.1 Å². The van der Waals surface area contributed by atoms with E-state index in [0.29, 0.717) is 10.0 Å². The molecule has 23 heavy (non-hydrogen) atoms. The predicted octanol–water partition coefficient (Wildman–Crippen LogP) is 6.34. The van der Waals surface area contributed by atoms with Gasteiger partial charge in [0.15, 0.2) is 5.78 Å². The van der Waals surface area contributed by atoms with Crippen molar-refractivity contribution in [3.05, 3.63) is 75.3 Å². The molecule has 2 aromatic carbocycles. The van der Waals surface area contributed by atoms with Crippen LogP contribution in [0.15, 0.2) is 54.1 Å². The van der Waals surface area contributed by atoms with Crippen LogP contribution < -0.4 is 0 Å². The molecular formula is C19H15Cl3O. The largest absolute Gasteiger partial charge is 0.294 e.